The molecule has 1 heterocycles. The fraction of sp³-hybridized carbons (Fsp3) is 0.625. The van der Waals surface area contributed by atoms with Crippen molar-refractivity contribution in [2.24, 2.45) is 0 Å². The first-order valence-electron chi connectivity index (χ1n) is 3.61. The lowest BCUT2D eigenvalue weighted by Gasteiger charge is -2.11. The van der Waals surface area contributed by atoms with Gasteiger partial charge in [0, 0.05) is 20.0 Å². The number of likely N-dealkylation sites (tertiary alicyclic amines) is 1. The lowest BCUT2D eigenvalue weighted by molar-refractivity contribution is -0.129. The topological polar surface area (TPSA) is 20.3 Å². The van der Waals surface area contributed by atoms with Gasteiger partial charge in [-0.1, -0.05) is 12.2 Å². The van der Waals surface area contributed by atoms with Gasteiger partial charge in [0.1, 0.15) is 0 Å². The first kappa shape index (κ1) is 7.32. The van der Waals surface area contributed by atoms with E-state index in [-0.39, 0.29) is 5.91 Å². The Bertz CT molecular complexity index is 163. The summed E-state index contributed by atoms with van der Waals surface area (Å²) in [6.45, 7) is 4.71. The first-order valence-corrected chi connectivity index (χ1v) is 3.61. The molecule has 0 spiro atoms. The van der Waals surface area contributed by atoms with Gasteiger partial charge in [0.25, 0.3) is 0 Å². The molecule has 0 unspecified atom stereocenters. The molecule has 2 heteroatoms. The Hall–Kier alpha value is -0.790. The molecule has 0 N–H and O–H groups in total. The first-order chi connectivity index (χ1) is 4.70. The minimum Gasteiger partial charge on any atom is -0.345 e. The quantitative estimate of drug-likeness (QED) is 0.461. The van der Waals surface area contributed by atoms with Crippen molar-refractivity contribution >= 4 is 5.91 Å². The predicted molar refractivity (Wildman–Crippen MR) is 40.6 cm³/mol. The van der Waals surface area contributed by atoms with E-state index in [2.05, 4.69) is 6.58 Å². The third-order valence-electron chi connectivity index (χ3n) is 1.92. The lowest BCUT2D eigenvalue weighted by Crippen LogP contribution is -2.25. The molecule has 10 heavy (non-hydrogen) atoms. The van der Waals surface area contributed by atoms with Crippen LogP contribution >= 0.6 is 0 Å². The second-order valence-electron chi connectivity index (χ2n) is 2.82. The Labute approximate surface area is 61.5 Å². The van der Waals surface area contributed by atoms with Crippen molar-refractivity contribution in [3.05, 3.63) is 12.2 Å². The highest BCUT2D eigenvalue weighted by molar-refractivity contribution is 5.76. The zero-order chi connectivity index (χ0) is 7.56. The molecule has 1 aliphatic heterocycles. The van der Waals surface area contributed by atoms with Gasteiger partial charge in [0.05, 0.1) is 0 Å². The van der Waals surface area contributed by atoms with Gasteiger partial charge >= 0.3 is 0 Å². The standard InChI is InChI=1S/C8H13NO/c1-7-3-4-8(10)9(2)6-5-7/h1,3-6H2,2H3. The highest BCUT2D eigenvalue weighted by Crippen LogP contribution is 2.13. The molecular weight excluding hydrogens is 126 g/mol. The summed E-state index contributed by atoms with van der Waals surface area (Å²) in [4.78, 5) is 12.8. The maximum Gasteiger partial charge on any atom is 0.222 e. The van der Waals surface area contributed by atoms with Gasteiger partial charge < -0.3 is 4.90 Å². The van der Waals surface area contributed by atoms with Gasteiger partial charge in [0.2, 0.25) is 5.91 Å². The van der Waals surface area contributed by atoms with Crippen molar-refractivity contribution in [1.82, 2.24) is 4.90 Å². The maximum atomic E-state index is 11.0. The summed E-state index contributed by atoms with van der Waals surface area (Å²) < 4.78 is 0. The van der Waals surface area contributed by atoms with Crippen molar-refractivity contribution in [2.75, 3.05) is 13.6 Å². The molecule has 1 fully saturated rings. The van der Waals surface area contributed by atoms with Crippen LogP contribution in [0, 0.1) is 0 Å². The summed E-state index contributed by atoms with van der Waals surface area (Å²) in [6, 6.07) is 0. The summed E-state index contributed by atoms with van der Waals surface area (Å²) in [6.07, 6.45) is 2.50. The molecule has 0 bridgehead atoms. The molecule has 0 aromatic rings. The Morgan fingerprint density at radius 2 is 2.10 bits per heavy atom. The molecule has 1 rings (SSSR count). The highest BCUT2D eigenvalue weighted by atomic mass is 16.2. The SMILES string of the molecule is C=C1CCC(=O)N(C)CC1. The number of carbonyl (C=O) groups is 1. The largest absolute Gasteiger partial charge is 0.345 e. The van der Waals surface area contributed by atoms with Gasteiger partial charge in [-0.3, -0.25) is 4.79 Å². The number of hydrogen-bond donors (Lipinski definition) is 0. The Balaban J connectivity index is 2.54. The Morgan fingerprint density at radius 3 is 2.80 bits per heavy atom. The van der Waals surface area contributed by atoms with Gasteiger partial charge in [0.15, 0.2) is 0 Å². The molecule has 1 amide bonds. The van der Waals surface area contributed by atoms with Crippen molar-refractivity contribution in [1.29, 1.82) is 0 Å². The molecule has 0 saturated carbocycles. The average Bonchev–Trinajstić information content (AvgIpc) is 2.04. The number of rotatable bonds is 0. The molecule has 1 aliphatic rings. The van der Waals surface area contributed by atoms with E-state index >= 15 is 0 Å². The van der Waals surface area contributed by atoms with Gasteiger partial charge in [-0.15, -0.1) is 0 Å². The highest BCUT2D eigenvalue weighted by Gasteiger charge is 2.13. The number of nitrogens with zero attached hydrogens (tertiary/aromatic N) is 1. The van der Waals surface area contributed by atoms with E-state index in [0.29, 0.717) is 6.42 Å². The van der Waals surface area contributed by atoms with Crippen LogP contribution in [0.1, 0.15) is 19.3 Å². The van der Waals surface area contributed by atoms with Crippen LogP contribution in [0.25, 0.3) is 0 Å². The van der Waals surface area contributed by atoms with Crippen LogP contribution in [0.2, 0.25) is 0 Å². The zero-order valence-electron chi connectivity index (χ0n) is 6.39. The van der Waals surface area contributed by atoms with E-state index in [1.165, 1.54) is 5.57 Å². The number of hydrogen-bond acceptors (Lipinski definition) is 1. The molecule has 56 valence electrons. The molecular formula is C8H13NO. The lowest BCUT2D eigenvalue weighted by atomic mass is 10.1. The van der Waals surface area contributed by atoms with Crippen LogP contribution in [0.3, 0.4) is 0 Å². The van der Waals surface area contributed by atoms with Crippen molar-refractivity contribution in [3.8, 4) is 0 Å². The second kappa shape index (κ2) is 2.86. The normalized spacial score (nSPS) is 21.1. The third kappa shape index (κ3) is 1.59. The second-order valence-corrected chi connectivity index (χ2v) is 2.82. The Kier molecular flexibility index (Phi) is 2.10. The van der Waals surface area contributed by atoms with Gasteiger partial charge in [-0.05, 0) is 12.8 Å². The molecule has 0 aromatic carbocycles. The van der Waals surface area contributed by atoms with Crippen LogP contribution < -0.4 is 0 Å². The molecule has 1 saturated heterocycles. The average molecular weight is 139 g/mol. The minimum atomic E-state index is 0.249. The van der Waals surface area contributed by atoms with Crippen LogP contribution in [0.4, 0.5) is 0 Å². The zero-order valence-corrected chi connectivity index (χ0v) is 6.39. The van der Waals surface area contributed by atoms with E-state index in [1.54, 1.807) is 4.90 Å². The summed E-state index contributed by atoms with van der Waals surface area (Å²) in [5, 5.41) is 0. The van der Waals surface area contributed by atoms with E-state index in [0.717, 1.165) is 19.4 Å². The number of carbonyl (C=O) groups excluding carboxylic acids is 1. The van der Waals surface area contributed by atoms with Crippen molar-refractivity contribution in [3.63, 3.8) is 0 Å². The molecule has 2 nitrogen and oxygen atoms in total. The fourth-order valence-electron chi connectivity index (χ4n) is 1.05. The van der Waals surface area contributed by atoms with E-state index in [4.69, 9.17) is 0 Å². The monoisotopic (exact) mass is 139 g/mol. The minimum absolute atomic E-state index is 0.249. The van der Waals surface area contributed by atoms with Crippen molar-refractivity contribution < 1.29 is 4.79 Å². The van der Waals surface area contributed by atoms with E-state index < -0.39 is 0 Å². The van der Waals surface area contributed by atoms with E-state index in [9.17, 15) is 4.79 Å². The van der Waals surface area contributed by atoms with Crippen LogP contribution in [0.5, 0.6) is 0 Å². The summed E-state index contributed by atoms with van der Waals surface area (Å²) in [7, 11) is 1.85. The molecule has 0 aliphatic carbocycles. The molecule has 0 radical (unpaired) electrons. The maximum absolute atomic E-state index is 11.0. The van der Waals surface area contributed by atoms with E-state index in [1.807, 2.05) is 7.05 Å². The molecule has 0 atom stereocenters. The number of amides is 1. The van der Waals surface area contributed by atoms with Gasteiger partial charge in [-0.25, -0.2) is 0 Å². The summed E-state index contributed by atoms with van der Waals surface area (Å²) >= 11 is 0. The smallest absolute Gasteiger partial charge is 0.222 e. The fourth-order valence-corrected chi connectivity index (χ4v) is 1.05. The summed E-state index contributed by atoms with van der Waals surface area (Å²) in [5.74, 6) is 0.249. The molecule has 0 aromatic heterocycles. The predicted octanol–water partition coefficient (Wildman–Crippen LogP) is 1.18. The van der Waals surface area contributed by atoms with Crippen molar-refractivity contribution in [2.45, 2.75) is 19.3 Å². The van der Waals surface area contributed by atoms with Crippen LogP contribution in [-0.4, -0.2) is 24.4 Å². The van der Waals surface area contributed by atoms with Crippen LogP contribution in [-0.2, 0) is 4.79 Å². The Morgan fingerprint density at radius 1 is 1.40 bits per heavy atom. The van der Waals surface area contributed by atoms with Crippen LogP contribution in [0.15, 0.2) is 12.2 Å². The summed E-state index contributed by atoms with van der Waals surface area (Å²) in [5.41, 5.74) is 1.21. The third-order valence-corrected chi connectivity index (χ3v) is 1.92. The van der Waals surface area contributed by atoms with Gasteiger partial charge in [-0.2, -0.15) is 0 Å².